The quantitative estimate of drug-likeness (QED) is 0.877. The first kappa shape index (κ1) is 19.0. The zero-order valence-electron chi connectivity index (χ0n) is 16.0. The van der Waals surface area contributed by atoms with E-state index >= 15 is 0 Å². The van der Waals surface area contributed by atoms with Crippen molar-refractivity contribution in [1.29, 1.82) is 0 Å². The lowest BCUT2D eigenvalue weighted by Crippen LogP contribution is -2.49. The smallest absolute Gasteiger partial charge is 0.163 e. The molecule has 1 aromatic rings. The average molecular weight is 368 g/mol. The molecule has 3 rings (SSSR count). The van der Waals surface area contributed by atoms with Gasteiger partial charge in [-0.1, -0.05) is 25.7 Å². The molecule has 0 spiro atoms. The highest BCUT2D eigenvalue weighted by atomic mass is 16.5. The summed E-state index contributed by atoms with van der Waals surface area (Å²) >= 11 is 0. The van der Waals surface area contributed by atoms with Crippen LogP contribution in [0.2, 0.25) is 0 Å². The number of ether oxygens (including phenoxy) is 2. The number of phenolic OH excluding ortho intramolecular Hbond substituents is 1. The molecule has 0 saturated heterocycles. The van der Waals surface area contributed by atoms with Crippen molar-refractivity contribution in [2.45, 2.75) is 26.2 Å². The highest BCUT2D eigenvalue weighted by molar-refractivity contribution is 6.13. The second-order valence-electron chi connectivity index (χ2n) is 7.23. The van der Waals surface area contributed by atoms with Crippen molar-refractivity contribution < 1.29 is 24.2 Å². The van der Waals surface area contributed by atoms with Crippen LogP contribution in [0.3, 0.4) is 0 Å². The van der Waals surface area contributed by atoms with E-state index in [0.29, 0.717) is 29.1 Å². The molecular formula is C22H24O5. The van der Waals surface area contributed by atoms with Crippen LogP contribution in [-0.4, -0.2) is 30.9 Å². The number of phenols is 1. The minimum Gasteiger partial charge on any atom is -0.508 e. The maximum Gasteiger partial charge on any atom is 0.163 e. The molecule has 0 aromatic heterocycles. The monoisotopic (exact) mass is 368 g/mol. The second kappa shape index (κ2) is 6.72. The Labute approximate surface area is 159 Å². The number of Topliss-reactive ketones (excluding diaryl/α,β-unsaturated/α-hetero) is 1. The molecule has 2 aliphatic rings. The molecule has 0 radical (unpaired) electrons. The van der Waals surface area contributed by atoms with E-state index in [0.717, 1.165) is 5.57 Å². The van der Waals surface area contributed by atoms with E-state index in [1.807, 2.05) is 13.0 Å². The molecule has 0 saturated carbocycles. The molecule has 2 aliphatic carbocycles. The van der Waals surface area contributed by atoms with Gasteiger partial charge in [-0.25, -0.2) is 0 Å². The molecule has 142 valence electrons. The van der Waals surface area contributed by atoms with E-state index in [4.69, 9.17) is 9.47 Å². The molecule has 0 aliphatic heterocycles. The number of hydrogen-bond donors (Lipinski definition) is 1. The summed E-state index contributed by atoms with van der Waals surface area (Å²) in [4.78, 5) is 26.1. The van der Waals surface area contributed by atoms with Crippen LogP contribution in [0.25, 0.3) is 0 Å². The number of carbonyl (C=O) groups is 2. The van der Waals surface area contributed by atoms with Crippen LogP contribution in [0, 0.1) is 11.3 Å². The maximum absolute atomic E-state index is 13.2. The highest BCUT2D eigenvalue weighted by Gasteiger charge is 2.55. The van der Waals surface area contributed by atoms with Crippen molar-refractivity contribution in [2.75, 3.05) is 14.2 Å². The van der Waals surface area contributed by atoms with Crippen LogP contribution >= 0.6 is 0 Å². The fourth-order valence-corrected chi connectivity index (χ4v) is 4.43. The molecule has 0 heterocycles. The zero-order valence-corrected chi connectivity index (χ0v) is 16.0. The first-order valence-electron chi connectivity index (χ1n) is 8.83. The third-order valence-corrected chi connectivity index (χ3v) is 5.88. The summed E-state index contributed by atoms with van der Waals surface area (Å²) in [7, 11) is 2.99. The molecule has 1 N–H and O–H groups in total. The lowest BCUT2D eigenvalue weighted by molar-refractivity contribution is -0.137. The molecular weight excluding hydrogens is 344 g/mol. The fraction of sp³-hybridized carbons (Fsp3) is 0.364. The lowest BCUT2D eigenvalue weighted by Gasteiger charge is -2.47. The van der Waals surface area contributed by atoms with E-state index in [-0.39, 0.29) is 17.3 Å². The second-order valence-corrected chi connectivity index (χ2v) is 7.23. The number of allylic oxidation sites excluding steroid dienone is 5. The van der Waals surface area contributed by atoms with Crippen LogP contribution in [0.5, 0.6) is 17.2 Å². The molecule has 0 unspecified atom stereocenters. The van der Waals surface area contributed by atoms with Gasteiger partial charge in [-0.15, -0.1) is 0 Å². The number of aromatic hydroxyl groups is 1. The minimum atomic E-state index is -0.994. The van der Waals surface area contributed by atoms with E-state index in [9.17, 15) is 14.7 Å². The average Bonchev–Trinajstić information content (AvgIpc) is 2.65. The van der Waals surface area contributed by atoms with Crippen molar-refractivity contribution in [3.63, 3.8) is 0 Å². The summed E-state index contributed by atoms with van der Waals surface area (Å²) in [6, 6.07) is 2.98. The van der Waals surface area contributed by atoms with E-state index < -0.39 is 17.3 Å². The first-order chi connectivity index (χ1) is 12.8. The van der Waals surface area contributed by atoms with Crippen molar-refractivity contribution in [3.05, 3.63) is 53.6 Å². The van der Waals surface area contributed by atoms with Gasteiger partial charge in [0.25, 0.3) is 0 Å². The standard InChI is InChI=1S/C22H24O5/c1-6-13-7-8-15-21(25)12(2)9-18(24)22(15,3)20(13)19-16(26-4)10-14(23)11-17(19)27-5/h6-7,9-11,15,20,23H,1,8H2,2-5H3/t15-,20+,22-/m0/s1. The summed E-state index contributed by atoms with van der Waals surface area (Å²) in [6.45, 7) is 7.42. The van der Waals surface area contributed by atoms with Gasteiger partial charge in [-0.05, 0) is 30.6 Å². The Morgan fingerprint density at radius 2 is 1.81 bits per heavy atom. The van der Waals surface area contributed by atoms with Gasteiger partial charge >= 0.3 is 0 Å². The molecule has 5 nitrogen and oxygen atoms in total. The third kappa shape index (κ3) is 2.69. The topological polar surface area (TPSA) is 72.8 Å². The van der Waals surface area contributed by atoms with E-state index in [2.05, 4.69) is 6.58 Å². The van der Waals surface area contributed by atoms with Crippen molar-refractivity contribution in [2.24, 2.45) is 11.3 Å². The summed E-state index contributed by atoms with van der Waals surface area (Å²) in [5.41, 5.74) is 0.962. The van der Waals surface area contributed by atoms with Gasteiger partial charge in [-0.2, -0.15) is 0 Å². The molecule has 0 amide bonds. The van der Waals surface area contributed by atoms with Crippen LogP contribution in [0.15, 0.2) is 48.1 Å². The predicted octanol–water partition coefficient (Wildman–Crippen LogP) is 3.73. The molecule has 0 fully saturated rings. The molecule has 0 bridgehead atoms. The maximum atomic E-state index is 13.2. The Morgan fingerprint density at radius 3 is 2.33 bits per heavy atom. The summed E-state index contributed by atoms with van der Waals surface area (Å²) in [5.74, 6) is -0.267. The van der Waals surface area contributed by atoms with Gasteiger partial charge in [0, 0.05) is 29.5 Å². The van der Waals surface area contributed by atoms with E-state index in [1.54, 1.807) is 13.0 Å². The van der Waals surface area contributed by atoms with Gasteiger partial charge in [-0.3, -0.25) is 9.59 Å². The number of methoxy groups -OCH3 is 2. The van der Waals surface area contributed by atoms with Crippen molar-refractivity contribution in [3.8, 4) is 17.2 Å². The summed E-state index contributed by atoms with van der Waals surface area (Å²) in [5, 5.41) is 10.0. The first-order valence-corrected chi connectivity index (χ1v) is 8.83. The van der Waals surface area contributed by atoms with Gasteiger partial charge in [0.05, 0.1) is 19.6 Å². The van der Waals surface area contributed by atoms with Gasteiger partial charge < -0.3 is 14.6 Å². The van der Waals surface area contributed by atoms with Gasteiger partial charge in [0.2, 0.25) is 0 Å². The minimum absolute atomic E-state index is 0.00381. The number of rotatable bonds is 4. The van der Waals surface area contributed by atoms with Crippen LogP contribution in [0.4, 0.5) is 0 Å². The Bertz CT molecular complexity index is 867. The lowest BCUT2D eigenvalue weighted by atomic mass is 9.53. The molecule has 3 atom stereocenters. The number of fused-ring (bicyclic) bond motifs is 1. The van der Waals surface area contributed by atoms with Gasteiger partial charge in [0.1, 0.15) is 17.2 Å². The summed E-state index contributed by atoms with van der Waals surface area (Å²) < 4.78 is 11.0. The van der Waals surface area contributed by atoms with Crippen LogP contribution in [0.1, 0.15) is 31.7 Å². The van der Waals surface area contributed by atoms with Crippen LogP contribution in [-0.2, 0) is 9.59 Å². The van der Waals surface area contributed by atoms with Gasteiger partial charge in [0.15, 0.2) is 11.6 Å². The number of carbonyl (C=O) groups excluding carboxylic acids is 2. The Balaban J connectivity index is 2.34. The molecule has 27 heavy (non-hydrogen) atoms. The SMILES string of the molecule is C=CC1=CC[C@H]2C(=O)C(C)=CC(=O)[C@@]2(C)[C@H]1c1c(OC)cc(O)cc1OC. The Kier molecular flexibility index (Phi) is 4.72. The van der Waals surface area contributed by atoms with E-state index in [1.165, 1.54) is 32.4 Å². The highest BCUT2D eigenvalue weighted by Crippen LogP contribution is 2.58. The molecule has 5 heteroatoms. The third-order valence-electron chi connectivity index (χ3n) is 5.88. The number of ketones is 2. The van der Waals surface area contributed by atoms with Crippen LogP contribution < -0.4 is 9.47 Å². The normalized spacial score (nSPS) is 27.4. The summed E-state index contributed by atoms with van der Waals surface area (Å²) in [6.07, 6.45) is 5.59. The largest absolute Gasteiger partial charge is 0.508 e. The predicted molar refractivity (Wildman–Crippen MR) is 102 cm³/mol. The Morgan fingerprint density at radius 1 is 1.22 bits per heavy atom. The number of hydrogen-bond acceptors (Lipinski definition) is 5. The Hall–Kier alpha value is -2.82. The number of benzene rings is 1. The van der Waals surface area contributed by atoms with Crippen molar-refractivity contribution in [1.82, 2.24) is 0 Å². The molecule has 1 aromatic carbocycles. The fourth-order valence-electron chi connectivity index (χ4n) is 4.43. The zero-order chi connectivity index (χ0) is 19.9. The van der Waals surface area contributed by atoms with Crippen molar-refractivity contribution >= 4 is 11.6 Å².